The number of nitrogens with zero attached hydrogens (tertiary/aromatic N) is 2. The van der Waals surface area contributed by atoms with E-state index in [0.29, 0.717) is 5.56 Å². The number of hydrogen-bond acceptors (Lipinski definition) is 5. The minimum Gasteiger partial charge on any atom is -0.398 e. The predicted molar refractivity (Wildman–Crippen MR) is 96.8 cm³/mol. The monoisotopic (exact) mass is 336 g/mol. The second-order valence-electron chi connectivity index (χ2n) is 5.10. The molecular formula is C18H16N4OS. The van der Waals surface area contributed by atoms with E-state index in [1.807, 2.05) is 24.3 Å². The summed E-state index contributed by atoms with van der Waals surface area (Å²) in [6.07, 6.45) is 6.61. The summed E-state index contributed by atoms with van der Waals surface area (Å²) in [5, 5.41) is 2.88. The number of carbonyl (C=O) groups excluding carboxylic acids is 1. The number of anilines is 2. The van der Waals surface area contributed by atoms with E-state index in [1.165, 1.54) is 0 Å². The lowest BCUT2D eigenvalue weighted by atomic mass is 10.2. The molecule has 120 valence electrons. The van der Waals surface area contributed by atoms with Crippen molar-refractivity contribution in [1.29, 1.82) is 0 Å². The van der Waals surface area contributed by atoms with Gasteiger partial charge in [0.2, 0.25) is 0 Å². The molecule has 3 N–H and O–H groups in total. The maximum absolute atomic E-state index is 12.2. The Morgan fingerprint density at radius 2 is 1.96 bits per heavy atom. The number of nitrogens with two attached hydrogens (primary N) is 1. The molecule has 1 aromatic carbocycles. The van der Waals surface area contributed by atoms with E-state index in [9.17, 15) is 4.79 Å². The first-order valence-corrected chi connectivity index (χ1v) is 8.33. The van der Waals surface area contributed by atoms with Crippen LogP contribution in [0.1, 0.15) is 15.9 Å². The zero-order valence-electron chi connectivity index (χ0n) is 12.8. The molecule has 1 amide bonds. The lowest BCUT2D eigenvalue weighted by Gasteiger charge is -2.08. The molecule has 0 radical (unpaired) electrons. The summed E-state index contributed by atoms with van der Waals surface area (Å²) < 4.78 is 0. The Kier molecular flexibility index (Phi) is 5.08. The molecule has 0 unspecified atom stereocenters. The molecule has 3 aromatic rings. The van der Waals surface area contributed by atoms with Crippen LogP contribution >= 0.6 is 11.8 Å². The summed E-state index contributed by atoms with van der Waals surface area (Å²) >= 11 is 1.61. The Morgan fingerprint density at radius 3 is 2.75 bits per heavy atom. The number of nitrogen functional groups attached to an aromatic ring is 1. The van der Waals surface area contributed by atoms with Crippen LogP contribution in [0, 0.1) is 0 Å². The molecule has 0 aliphatic carbocycles. The molecule has 0 bridgehead atoms. The lowest BCUT2D eigenvalue weighted by Crippen LogP contribution is -2.12. The average molecular weight is 336 g/mol. The number of thioether (sulfide) groups is 1. The molecule has 0 saturated heterocycles. The van der Waals surface area contributed by atoms with Gasteiger partial charge in [-0.1, -0.05) is 12.1 Å². The van der Waals surface area contributed by atoms with E-state index in [2.05, 4.69) is 15.3 Å². The molecule has 6 heteroatoms. The Labute approximate surface area is 144 Å². The van der Waals surface area contributed by atoms with Crippen LogP contribution in [0.25, 0.3) is 0 Å². The Hall–Kier alpha value is -2.86. The topological polar surface area (TPSA) is 80.9 Å². The molecule has 0 aliphatic rings. The van der Waals surface area contributed by atoms with Crippen molar-refractivity contribution in [2.75, 3.05) is 11.1 Å². The highest BCUT2D eigenvalue weighted by molar-refractivity contribution is 7.98. The van der Waals surface area contributed by atoms with Gasteiger partial charge in [-0.3, -0.25) is 14.8 Å². The number of carbonyl (C=O) groups is 1. The third-order valence-corrected chi connectivity index (χ3v) is 4.45. The highest BCUT2D eigenvalue weighted by Gasteiger charge is 2.06. The van der Waals surface area contributed by atoms with Crippen molar-refractivity contribution in [3.05, 3.63) is 78.4 Å². The Bertz CT molecular complexity index is 839. The van der Waals surface area contributed by atoms with Crippen LogP contribution in [-0.2, 0) is 5.75 Å². The molecule has 0 atom stereocenters. The van der Waals surface area contributed by atoms with E-state index in [-0.39, 0.29) is 5.91 Å². The molecule has 0 saturated carbocycles. The van der Waals surface area contributed by atoms with Gasteiger partial charge in [-0.25, -0.2) is 0 Å². The molecule has 2 aromatic heterocycles. The van der Waals surface area contributed by atoms with E-state index in [0.717, 1.165) is 27.6 Å². The first-order chi connectivity index (χ1) is 11.7. The van der Waals surface area contributed by atoms with E-state index in [4.69, 9.17) is 5.73 Å². The SMILES string of the molecule is Nc1ccncc1SCc1cccc(NC(=O)c2cccnc2)c1. The van der Waals surface area contributed by atoms with Crippen LogP contribution in [0.5, 0.6) is 0 Å². The van der Waals surface area contributed by atoms with Gasteiger partial charge in [0.25, 0.3) is 5.91 Å². The van der Waals surface area contributed by atoms with Gasteiger partial charge in [0.1, 0.15) is 0 Å². The lowest BCUT2D eigenvalue weighted by molar-refractivity contribution is 0.102. The van der Waals surface area contributed by atoms with Crippen molar-refractivity contribution in [1.82, 2.24) is 9.97 Å². The third-order valence-electron chi connectivity index (χ3n) is 3.32. The second-order valence-corrected chi connectivity index (χ2v) is 6.12. The molecule has 5 nitrogen and oxygen atoms in total. The second kappa shape index (κ2) is 7.61. The number of benzene rings is 1. The summed E-state index contributed by atoms with van der Waals surface area (Å²) in [7, 11) is 0. The van der Waals surface area contributed by atoms with Crippen LogP contribution in [0.2, 0.25) is 0 Å². The van der Waals surface area contributed by atoms with Gasteiger partial charge in [0.15, 0.2) is 0 Å². The normalized spacial score (nSPS) is 10.3. The number of pyridine rings is 2. The van der Waals surface area contributed by atoms with Gasteiger partial charge in [-0.15, -0.1) is 11.8 Å². The highest BCUT2D eigenvalue weighted by atomic mass is 32.2. The number of amides is 1. The molecule has 2 heterocycles. The van der Waals surface area contributed by atoms with Gasteiger partial charge in [0, 0.05) is 46.8 Å². The molecular weight excluding hydrogens is 320 g/mol. The largest absolute Gasteiger partial charge is 0.398 e. The average Bonchev–Trinajstić information content (AvgIpc) is 2.62. The zero-order chi connectivity index (χ0) is 16.8. The maximum Gasteiger partial charge on any atom is 0.257 e. The van der Waals surface area contributed by atoms with Gasteiger partial charge < -0.3 is 11.1 Å². The molecule has 24 heavy (non-hydrogen) atoms. The van der Waals surface area contributed by atoms with Crippen LogP contribution in [0.3, 0.4) is 0 Å². The first kappa shape index (κ1) is 16.0. The highest BCUT2D eigenvalue weighted by Crippen LogP contribution is 2.27. The minimum atomic E-state index is -0.176. The zero-order valence-corrected chi connectivity index (χ0v) is 13.7. The Balaban J connectivity index is 1.66. The van der Waals surface area contributed by atoms with Crippen molar-refractivity contribution >= 4 is 29.0 Å². The van der Waals surface area contributed by atoms with Crippen molar-refractivity contribution < 1.29 is 4.79 Å². The number of rotatable bonds is 5. The summed E-state index contributed by atoms with van der Waals surface area (Å²) in [5.74, 6) is 0.566. The van der Waals surface area contributed by atoms with Crippen LogP contribution in [-0.4, -0.2) is 15.9 Å². The van der Waals surface area contributed by atoms with Gasteiger partial charge >= 0.3 is 0 Å². The maximum atomic E-state index is 12.2. The van der Waals surface area contributed by atoms with E-state index < -0.39 is 0 Å². The van der Waals surface area contributed by atoms with Crippen molar-refractivity contribution in [2.45, 2.75) is 10.6 Å². The van der Waals surface area contributed by atoms with Gasteiger partial charge in [0.05, 0.1) is 5.56 Å². The quantitative estimate of drug-likeness (QED) is 0.696. The molecule has 0 fully saturated rings. The summed E-state index contributed by atoms with van der Waals surface area (Å²) in [5.41, 5.74) is 9.01. The fourth-order valence-corrected chi connectivity index (χ4v) is 2.98. The first-order valence-electron chi connectivity index (χ1n) is 7.35. The minimum absolute atomic E-state index is 0.176. The van der Waals surface area contributed by atoms with Crippen LogP contribution in [0.15, 0.2) is 72.1 Å². The summed E-state index contributed by atoms with van der Waals surface area (Å²) in [6, 6.07) is 13.0. The number of aromatic nitrogens is 2. The van der Waals surface area contributed by atoms with Gasteiger partial charge in [-0.05, 0) is 35.9 Å². The predicted octanol–water partition coefficient (Wildman–Crippen LogP) is 3.60. The molecule has 3 rings (SSSR count). The van der Waals surface area contributed by atoms with Crippen molar-refractivity contribution in [2.24, 2.45) is 0 Å². The standard InChI is InChI=1S/C18H16N4OS/c19-16-6-8-21-11-17(16)24-12-13-3-1-5-15(9-13)22-18(23)14-4-2-7-20-10-14/h1-11H,12H2,(H2,19,21)(H,22,23). The smallest absolute Gasteiger partial charge is 0.257 e. The fraction of sp³-hybridized carbons (Fsp3) is 0.0556. The van der Waals surface area contributed by atoms with Crippen molar-refractivity contribution in [3.63, 3.8) is 0 Å². The van der Waals surface area contributed by atoms with Crippen LogP contribution in [0.4, 0.5) is 11.4 Å². The molecule has 0 spiro atoms. The van der Waals surface area contributed by atoms with Crippen LogP contribution < -0.4 is 11.1 Å². The van der Waals surface area contributed by atoms with Gasteiger partial charge in [-0.2, -0.15) is 0 Å². The number of nitrogens with one attached hydrogen (secondary N) is 1. The number of hydrogen-bond donors (Lipinski definition) is 2. The van der Waals surface area contributed by atoms with E-state index in [1.54, 1.807) is 54.7 Å². The summed E-state index contributed by atoms with van der Waals surface area (Å²) in [6.45, 7) is 0. The fourth-order valence-electron chi connectivity index (χ4n) is 2.11. The molecule has 0 aliphatic heterocycles. The summed E-state index contributed by atoms with van der Waals surface area (Å²) in [4.78, 5) is 21.2. The van der Waals surface area contributed by atoms with E-state index >= 15 is 0 Å². The van der Waals surface area contributed by atoms with Crippen molar-refractivity contribution in [3.8, 4) is 0 Å². The third kappa shape index (κ3) is 4.11. The Morgan fingerprint density at radius 1 is 1.08 bits per heavy atom.